The van der Waals surface area contributed by atoms with Crippen molar-refractivity contribution in [2.75, 3.05) is 18.1 Å². The Hall–Kier alpha value is -1.35. The number of aliphatic hydroxyl groups excluding tert-OH is 1. The summed E-state index contributed by atoms with van der Waals surface area (Å²) >= 11 is 0. The lowest BCUT2D eigenvalue weighted by molar-refractivity contribution is -0.121. The summed E-state index contributed by atoms with van der Waals surface area (Å²) in [5.41, 5.74) is 2.09. The Balaban J connectivity index is 2.22. The standard InChI is InChI=1S/C12H15NO2/c1-9-3-2-4-11(7-9)13-6-5-10(8-14)12(13)15/h2-4,7,10,14H,5-6,8H2,1H3. The minimum atomic E-state index is -0.203. The minimum absolute atomic E-state index is 0.0405. The number of hydrogen-bond donors (Lipinski definition) is 1. The highest BCUT2D eigenvalue weighted by Gasteiger charge is 2.31. The van der Waals surface area contributed by atoms with Crippen LogP contribution in [-0.2, 0) is 4.79 Å². The van der Waals surface area contributed by atoms with Crippen LogP contribution in [0, 0.1) is 12.8 Å². The quantitative estimate of drug-likeness (QED) is 0.791. The fourth-order valence-corrected chi connectivity index (χ4v) is 1.96. The summed E-state index contributed by atoms with van der Waals surface area (Å²) in [4.78, 5) is 13.6. The number of anilines is 1. The van der Waals surface area contributed by atoms with Crippen molar-refractivity contribution >= 4 is 11.6 Å². The maximum absolute atomic E-state index is 11.8. The highest BCUT2D eigenvalue weighted by molar-refractivity contribution is 5.97. The fourth-order valence-electron chi connectivity index (χ4n) is 1.96. The Kier molecular flexibility index (Phi) is 2.73. The van der Waals surface area contributed by atoms with Crippen LogP contribution in [0.3, 0.4) is 0 Å². The molecule has 0 radical (unpaired) electrons. The Morgan fingerprint density at radius 3 is 2.93 bits per heavy atom. The summed E-state index contributed by atoms with van der Waals surface area (Å²) in [5, 5.41) is 9.01. The Labute approximate surface area is 89.3 Å². The van der Waals surface area contributed by atoms with E-state index in [4.69, 9.17) is 5.11 Å². The molecule has 0 saturated carbocycles. The van der Waals surface area contributed by atoms with Crippen molar-refractivity contribution < 1.29 is 9.90 Å². The average molecular weight is 205 g/mol. The number of aliphatic hydroxyl groups is 1. The van der Waals surface area contributed by atoms with Gasteiger partial charge in [0.25, 0.3) is 0 Å². The molecule has 1 saturated heterocycles. The van der Waals surface area contributed by atoms with Crippen LogP contribution in [0.2, 0.25) is 0 Å². The van der Waals surface area contributed by atoms with Gasteiger partial charge in [0.2, 0.25) is 5.91 Å². The molecule has 1 atom stereocenters. The molecule has 0 bridgehead atoms. The number of carbonyl (C=O) groups excluding carboxylic acids is 1. The van der Waals surface area contributed by atoms with Crippen LogP contribution in [0.15, 0.2) is 24.3 Å². The lowest BCUT2D eigenvalue weighted by Gasteiger charge is -2.16. The number of amides is 1. The van der Waals surface area contributed by atoms with E-state index in [1.54, 1.807) is 4.90 Å². The maximum Gasteiger partial charge on any atom is 0.232 e. The molecule has 2 rings (SSSR count). The first-order chi connectivity index (χ1) is 7.22. The smallest absolute Gasteiger partial charge is 0.232 e. The average Bonchev–Trinajstić information content (AvgIpc) is 2.59. The molecule has 3 heteroatoms. The number of carbonyl (C=O) groups is 1. The van der Waals surface area contributed by atoms with Crippen LogP contribution in [-0.4, -0.2) is 24.2 Å². The van der Waals surface area contributed by atoms with E-state index in [1.807, 2.05) is 31.2 Å². The second kappa shape index (κ2) is 4.03. The number of hydrogen-bond acceptors (Lipinski definition) is 2. The monoisotopic (exact) mass is 205 g/mol. The van der Waals surface area contributed by atoms with Crippen LogP contribution in [0.4, 0.5) is 5.69 Å². The number of nitrogens with zero attached hydrogens (tertiary/aromatic N) is 1. The van der Waals surface area contributed by atoms with Gasteiger partial charge >= 0.3 is 0 Å². The number of benzene rings is 1. The Morgan fingerprint density at radius 1 is 1.53 bits per heavy atom. The van der Waals surface area contributed by atoms with E-state index in [1.165, 1.54) is 0 Å². The van der Waals surface area contributed by atoms with Gasteiger partial charge in [0, 0.05) is 12.2 Å². The first-order valence-electron chi connectivity index (χ1n) is 5.21. The third-order valence-corrected chi connectivity index (χ3v) is 2.85. The van der Waals surface area contributed by atoms with Crippen LogP contribution in [0.1, 0.15) is 12.0 Å². The molecule has 1 heterocycles. The Morgan fingerprint density at radius 2 is 2.33 bits per heavy atom. The summed E-state index contributed by atoms with van der Waals surface area (Å²) in [7, 11) is 0. The van der Waals surface area contributed by atoms with Gasteiger partial charge in [-0.2, -0.15) is 0 Å². The molecule has 1 fully saturated rings. The zero-order valence-electron chi connectivity index (χ0n) is 8.81. The van der Waals surface area contributed by atoms with Gasteiger partial charge in [-0.05, 0) is 31.0 Å². The summed E-state index contributed by atoms with van der Waals surface area (Å²) in [6, 6.07) is 7.89. The zero-order valence-corrected chi connectivity index (χ0v) is 8.81. The summed E-state index contributed by atoms with van der Waals surface area (Å²) in [5.74, 6) is -0.159. The van der Waals surface area contributed by atoms with Gasteiger partial charge in [0.05, 0.1) is 12.5 Å². The molecule has 3 nitrogen and oxygen atoms in total. The third-order valence-electron chi connectivity index (χ3n) is 2.85. The van der Waals surface area contributed by atoms with Crippen molar-refractivity contribution in [3.63, 3.8) is 0 Å². The van der Waals surface area contributed by atoms with E-state index in [9.17, 15) is 4.79 Å². The molecule has 1 amide bonds. The normalized spacial score (nSPS) is 21.1. The van der Waals surface area contributed by atoms with Crippen molar-refractivity contribution in [2.45, 2.75) is 13.3 Å². The third kappa shape index (κ3) is 1.88. The highest BCUT2D eigenvalue weighted by atomic mass is 16.3. The molecule has 15 heavy (non-hydrogen) atoms. The molecule has 0 aromatic heterocycles. The van der Waals surface area contributed by atoms with Crippen molar-refractivity contribution in [1.82, 2.24) is 0 Å². The van der Waals surface area contributed by atoms with Crippen LogP contribution < -0.4 is 4.90 Å². The maximum atomic E-state index is 11.8. The second-order valence-electron chi connectivity index (χ2n) is 4.00. The molecule has 1 aliphatic heterocycles. The predicted octanol–water partition coefficient (Wildman–Crippen LogP) is 1.34. The first kappa shape index (κ1) is 10.2. The fraction of sp³-hybridized carbons (Fsp3) is 0.417. The van der Waals surface area contributed by atoms with Crippen LogP contribution >= 0.6 is 0 Å². The number of rotatable bonds is 2. The topological polar surface area (TPSA) is 40.5 Å². The van der Waals surface area contributed by atoms with Crippen molar-refractivity contribution in [3.8, 4) is 0 Å². The van der Waals surface area contributed by atoms with E-state index >= 15 is 0 Å². The van der Waals surface area contributed by atoms with Gasteiger partial charge < -0.3 is 10.0 Å². The zero-order chi connectivity index (χ0) is 10.8. The largest absolute Gasteiger partial charge is 0.396 e. The van der Waals surface area contributed by atoms with E-state index in [2.05, 4.69) is 0 Å². The lowest BCUT2D eigenvalue weighted by Crippen LogP contribution is -2.28. The molecule has 1 aromatic rings. The van der Waals surface area contributed by atoms with Crippen molar-refractivity contribution in [3.05, 3.63) is 29.8 Å². The molecule has 0 aliphatic carbocycles. The summed E-state index contributed by atoms with van der Waals surface area (Å²) in [6.07, 6.45) is 0.753. The van der Waals surface area contributed by atoms with Gasteiger partial charge in [-0.1, -0.05) is 12.1 Å². The van der Waals surface area contributed by atoms with E-state index in [0.717, 1.165) is 17.7 Å². The van der Waals surface area contributed by atoms with Crippen molar-refractivity contribution in [1.29, 1.82) is 0 Å². The minimum Gasteiger partial charge on any atom is -0.396 e. The lowest BCUT2D eigenvalue weighted by atomic mass is 10.1. The van der Waals surface area contributed by atoms with Crippen molar-refractivity contribution in [2.24, 2.45) is 5.92 Å². The predicted molar refractivity (Wildman–Crippen MR) is 58.7 cm³/mol. The van der Waals surface area contributed by atoms with E-state index in [-0.39, 0.29) is 18.4 Å². The van der Waals surface area contributed by atoms with Crippen LogP contribution in [0.25, 0.3) is 0 Å². The first-order valence-corrected chi connectivity index (χ1v) is 5.21. The molecule has 1 unspecified atom stereocenters. The molecule has 80 valence electrons. The number of aryl methyl sites for hydroxylation is 1. The molecule has 1 aliphatic rings. The van der Waals surface area contributed by atoms with Gasteiger partial charge in [-0.15, -0.1) is 0 Å². The highest BCUT2D eigenvalue weighted by Crippen LogP contribution is 2.25. The summed E-state index contributed by atoms with van der Waals surface area (Å²) < 4.78 is 0. The van der Waals surface area contributed by atoms with E-state index < -0.39 is 0 Å². The molecule has 1 N–H and O–H groups in total. The van der Waals surface area contributed by atoms with Gasteiger partial charge in [-0.3, -0.25) is 4.79 Å². The van der Waals surface area contributed by atoms with Gasteiger partial charge in [0.1, 0.15) is 0 Å². The molecular formula is C12H15NO2. The van der Waals surface area contributed by atoms with Gasteiger partial charge in [0.15, 0.2) is 0 Å². The van der Waals surface area contributed by atoms with E-state index in [0.29, 0.717) is 6.54 Å². The molecular weight excluding hydrogens is 190 g/mol. The molecule has 0 spiro atoms. The molecule has 1 aromatic carbocycles. The SMILES string of the molecule is Cc1cccc(N2CCC(CO)C2=O)c1. The van der Waals surface area contributed by atoms with Gasteiger partial charge in [-0.25, -0.2) is 0 Å². The second-order valence-corrected chi connectivity index (χ2v) is 4.00. The Bertz CT molecular complexity index is 376. The van der Waals surface area contributed by atoms with Crippen LogP contribution in [0.5, 0.6) is 0 Å². The summed E-state index contributed by atoms with van der Waals surface area (Å²) in [6.45, 7) is 2.68.